The largest absolute Gasteiger partial charge is 0.393 e. The van der Waals surface area contributed by atoms with Crippen LogP contribution in [0.2, 0.25) is 0 Å². The second-order valence-electron chi connectivity index (χ2n) is 3.92. The van der Waals surface area contributed by atoms with Gasteiger partial charge in [-0.15, -0.1) is 0 Å². The first-order valence-electron chi connectivity index (χ1n) is 5.00. The maximum absolute atomic E-state index is 11.9. The summed E-state index contributed by atoms with van der Waals surface area (Å²) in [4.78, 5) is 11.9. The molecule has 16 heavy (non-hydrogen) atoms. The van der Waals surface area contributed by atoms with Gasteiger partial charge in [-0.1, -0.05) is 15.9 Å². The molecule has 0 atom stereocenters. The molecule has 1 amide bonds. The summed E-state index contributed by atoms with van der Waals surface area (Å²) in [6, 6.07) is 5.74. The number of carbonyl (C=O) groups excluding carboxylic acids is 1. The Balaban J connectivity index is 2.05. The predicted octanol–water partition coefficient (Wildman–Crippen LogP) is 2.31. The molecule has 1 fully saturated rings. The summed E-state index contributed by atoms with van der Waals surface area (Å²) < 4.78 is 1.82. The molecule has 0 bridgehead atoms. The minimum Gasteiger partial charge on any atom is -0.393 e. The van der Waals surface area contributed by atoms with Crippen molar-refractivity contribution in [3.05, 3.63) is 31.8 Å². The Kier molecular flexibility index (Phi) is 3.86. The number of halogens is 2. The van der Waals surface area contributed by atoms with Crippen molar-refractivity contribution >= 4 is 44.4 Å². The fourth-order valence-corrected chi connectivity index (χ4v) is 2.58. The minimum atomic E-state index is -0.244. The van der Waals surface area contributed by atoms with Crippen molar-refractivity contribution < 1.29 is 9.90 Å². The van der Waals surface area contributed by atoms with Gasteiger partial charge in [0, 0.05) is 14.1 Å². The van der Waals surface area contributed by atoms with Gasteiger partial charge in [-0.25, -0.2) is 0 Å². The molecule has 3 nitrogen and oxygen atoms in total. The Morgan fingerprint density at radius 2 is 2.19 bits per heavy atom. The van der Waals surface area contributed by atoms with E-state index in [0.29, 0.717) is 18.4 Å². The van der Waals surface area contributed by atoms with Gasteiger partial charge in [-0.2, -0.15) is 0 Å². The lowest BCUT2D eigenvalue weighted by atomic mass is 9.89. The van der Waals surface area contributed by atoms with Crippen molar-refractivity contribution in [2.75, 3.05) is 0 Å². The monoisotopic (exact) mass is 395 g/mol. The lowest BCUT2D eigenvalue weighted by Gasteiger charge is -2.32. The van der Waals surface area contributed by atoms with Gasteiger partial charge in [-0.05, 0) is 53.6 Å². The number of hydrogen-bond acceptors (Lipinski definition) is 2. The van der Waals surface area contributed by atoms with E-state index >= 15 is 0 Å². The van der Waals surface area contributed by atoms with Crippen LogP contribution in [0.4, 0.5) is 0 Å². The molecular formula is C11H11BrINO2. The highest BCUT2D eigenvalue weighted by molar-refractivity contribution is 14.1. The Bertz CT molecular complexity index is 418. The molecule has 1 saturated carbocycles. The van der Waals surface area contributed by atoms with Gasteiger partial charge >= 0.3 is 0 Å². The molecule has 2 N–H and O–H groups in total. The lowest BCUT2D eigenvalue weighted by Crippen LogP contribution is -2.46. The molecular weight excluding hydrogens is 385 g/mol. The van der Waals surface area contributed by atoms with Crippen LogP contribution in [0.1, 0.15) is 23.2 Å². The number of aliphatic hydroxyl groups excluding tert-OH is 1. The van der Waals surface area contributed by atoms with E-state index in [1.807, 2.05) is 18.2 Å². The SMILES string of the molecule is O=C(NC1CC(O)C1)c1cc(Br)ccc1I. The zero-order chi connectivity index (χ0) is 11.7. The smallest absolute Gasteiger partial charge is 0.252 e. The van der Waals surface area contributed by atoms with Crippen LogP contribution in [0.25, 0.3) is 0 Å². The molecule has 1 aromatic carbocycles. The van der Waals surface area contributed by atoms with Gasteiger partial charge < -0.3 is 10.4 Å². The molecule has 0 aliphatic heterocycles. The van der Waals surface area contributed by atoms with E-state index in [2.05, 4.69) is 43.8 Å². The normalized spacial score (nSPS) is 23.7. The van der Waals surface area contributed by atoms with Gasteiger partial charge in [0.05, 0.1) is 11.7 Å². The third kappa shape index (κ3) is 2.75. The maximum Gasteiger partial charge on any atom is 0.252 e. The average Bonchev–Trinajstić information content (AvgIpc) is 2.19. The Morgan fingerprint density at radius 1 is 1.50 bits per heavy atom. The molecule has 0 aromatic heterocycles. The molecule has 0 saturated heterocycles. The standard InChI is InChI=1S/C11H11BrINO2/c12-6-1-2-10(13)9(3-6)11(16)14-7-4-8(15)5-7/h1-3,7-8,15H,4-5H2,(H,14,16). The highest BCUT2D eigenvalue weighted by atomic mass is 127. The Morgan fingerprint density at radius 3 is 2.81 bits per heavy atom. The Labute approximate surface area is 116 Å². The molecule has 0 spiro atoms. The van der Waals surface area contributed by atoms with Crippen molar-refractivity contribution in [2.45, 2.75) is 25.0 Å². The van der Waals surface area contributed by atoms with Crippen LogP contribution in [-0.2, 0) is 0 Å². The summed E-state index contributed by atoms with van der Waals surface area (Å²) >= 11 is 5.49. The number of rotatable bonds is 2. The van der Waals surface area contributed by atoms with Crippen molar-refractivity contribution in [3.63, 3.8) is 0 Å². The van der Waals surface area contributed by atoms with E-state index in [-0.39, 0.29) is 18.1 Å². The first kappa shape index (κ1) is 12.3. The topological polar surface area (TPSA) is 49.3 Å². The molecule has 1 aromatic rings. The third-order valence-corrected chi connectivity index (χ3v) is 4.06. The van der Waals surface area contributed by atoms with E-state index in [9.17, 15) is 4.79 Å². The van der Waals surface area contributed by atoms with Gasteiger partial charge in [0.2, 0.25) is 0 Å². The summed E-state index contributed by atoms with van der Waals surface area (Å²) in [6.07, 6.45) is 1.08. The first-order chi connectivity index (χ1) is 7.56. The lowest BCUT2D eigenvalue weighted by molar-refractivity contribution is 0.0562. The van der Waals surface area contributed by atoms with Crippen LogP contribution in [0.15, 0.2) is 22.7 Å². The summed E-state index contributed by atoms with van der Waals surface area (Å²) in [5.74, 6) is -0.0670. The average molecular weight is 396 g/mol. The zero-order valence-electron chi connectivity index (χ0n) is 8.41. The van der Waals surface area contributed by atoms with Crippen LogP contribution in [0, 0.1) is 3.57 Å². The van der Waals surface area contributed by atoms with Crippen LogP contribution in [0.3, 0.4) is 0 Å². The first-order valence-corrected chi connectivity index (χ1v) is 6.87. The molecule has 1 aliphatic rings. The van der Waals surface area contributed by atoms with E-state index in [1.54, 1.807) is 0 Å². The predicted molar refractivity (Wildman–Crippen MR) is 73.4 cm³/mol. The van der Waals surface area contributed by atoms with E-state index in [4.69, 9.17) is 5.11 Å². The second kappa shape index (κ2) is 5.01. The summed E-state index contributed by atoms with van der Waals surface area (Å²) in [5.41, 5.74) is 0.677. The van der Waals surface area contributed by atoms with Gasteiger partial charge in [-0.3, -0.25) is 4.79 Å². The van der Waals surface area contributed by atoms with Gasteiger partial charge in [0.25, 0.3) is 5.91 Å². The zero-order valence-corrected chi connectivity index (χ0v) is 12.2. The number of carbonyl (C=O) groups is 1. The fourth-order valence-electron chi connectivity index (χ4n) is 1.64. The van der Waals surface area contributed by atoms with Crippen molar-refractivity contribution in [1.82, 2.24) is 5.32 Å². The summed E-state index contributed by atoms with van der Waals surface area (Å²) in [5, 5.41) is 12.0. The van der Waals surface area contributed by atoms with Crippen molar-refractivity contribution in [2.24, 2.45) is 0 Å². The van der Waals surface area contributed by atoms with Gasteiger partial charge in [0.15, 0.2) is 0 Å². The van der Waals surface area contributed by atoms with Gasteiger partial charge in [0.1, 0.15) is 0 Å². The molecule has 2 rings (SSSR count). The van der Waals surface area contributed by atoms with E-state index in [0.717, 1.165) is 8.04 Å². The van der Waals surface area contributed by atoms with Crippen molar-refractivity contribution in [3.8, 4) is 0 Å². The molecule has 1 aliphatic carbocycles. The molecule has 0 heterocycles. The Hall–Kier alpha value is -0.140. The molecule has 0 radical (unpaired) electrons. The van der Waals surface area contributed by atoms with Crippen LogP contribution in [0.5, 0.6) is 0 Å². The van der Waals surface area contributed by atoms with Crippen LogP contribution < -0.4 is 5.32 Å². The minimum absolute atomic E-state index is 0.0670. The number of aliphatic hydroxyl groups is 1. The van der Waals surface area contributed by atoms with E-state index in [1.165, 1.54) is 0 Å². The fraction of sp³-hybridized carbons (Fsp3) is 0.364. The maximum atomic E-state index is 11.9. The quantitative estimate of drug-likeness (QED) is 0.755. The highest BCUT2D eigenvalue weighted by Crippen LogP contribution is 2.22. The highest BCUT2D eigenvalue weighted by Gasteiger charge is 2.28. The summed E-state index contributed by atoms with van der Waals surface area (Å²) in [7, 11) is 0. The summed E-state index contributed by atoms with van der Waals surface area (Å²) in [6.45, 7) is 0. The molecule has 86 valence electrons. The molecule has 5 heteroatoms. The third-order valence-electron chi connectivity index (χ3n) is 2.62. The number of benzene rings is 1. The number of nitrogens with one attached hydrogen (secondary N) is 1. The second-order valence-corrected chi connectivity index (χ2v) is 6.00. The van der Waals surface area contributed by atoms with Crippen LogP contribution >= 0.6 is 38.5 Å². The molecule has 0 unspecified atom stereocenters. The van der Waals surface area contributed by atoms with E-state index < -0.39 is 0 Å². The number of hydrogen-bond donors (Lipinski definition) is 2. The number of amides is 1. The van der Waals surface area contributed by atoms with Crippen LogP contribution in [-0.4, -0.2) is 23.2 Å². The van der Waals surface area contributed by atoms with Crippen molar-refractivity contribution in [1.29, 1.82) is 0 Å².